The standard InChI is InChI=1S/C5H9NS2/c1-6-3-4(7)2-5(6)8/h4,7H,2-3H2,1H3/t4-/m1/s1. The summed E-state index contributed by atoms with van der Waals surface area (Å²) in [6.07, 6.45) is 0.981. The van der Waals surface area contributed by atoms with E-state index in [9.17, 15) is 0 Å². The molecular formula is C5H9NS2. The molecule has 0 N–H and O–H groups in total. The van der Waals surface area contributed by atoms with Crippen LogP contribution < -0.4 is 0 Å². The molecule has 1 atom stereocenters. The predicted molar refractivity (Wildman–Crippen MR) is 42.6 cm³/mol. The lowest BCUT2D eigenvalue weighted by molar-refractivity contribution is 0.562. The summed E-state index contributed by atoms with van der Waals surface area (Å²) in [6, 6.07) is 0. The van der Waals surface area contributed by atoms with Crippen LogP contribution in [0, 0.1) is 0 Å². The van der Waals surface area contributed by atoms with Gasteiger partial charge in [0.25, 0.3) is 0 Å². The lowest BCUT2D eigenvalue weighted by Gasteiger charge is -2.07. The quantitative estimate of drug-likeness (QED) is 0.401. The minimum atomic E-state index is 0.479. The van der Waals surface area contributed by atoms with Gasteiger partial charge in [-0.2, -0.15) is 12.6 Å². The highest BCUT2D eigenvalue weighted by molar-refractivity contribution is 7.82. The van der Waals surface area contributed by atoms with Crippen LogP contribution in [-0.2, 0) is 0 Å². The third-order valence-electron chi connectivity index (χ3n) is 1.32. The molecular weight excluding hydrogens is 138 g/mol. The molecule has 1 saturated heterocycles. The molecule has 1 aliphatic rings. The molecule has 1 heterocycles. The van der Waals surface area contributed by atoms with Crippen molar-refractivity contribution >= 4 is 29.8 Å². The van der Waals surface area contributed by atoms with Crippen LogP contribution in [0.3, 0.4) is 0 Å². The third-order valence-corrected chi connectivity index (χ3v) is 2.14. The molecule has 46 valence electrons. The molecule has 0 spiro atoms. The fraction of sp³-hybridized carbons (Fsp3) is 0.800. The maximum Gasteiger partial charge on any atom is 0.0788 e. The molecule has 0 aromatic rings. The first-order valence-corrected chi connectivity index (χ1v) is 3.54. The van der Waals surface area contributed by atoms with Gasteiger partial charge in [-0.15, -0.1) is 0 Å². The molecule has 0 amide bonds. The Morgan fingerprint density at radius 1 is 1.88 bits per heavy atom. The fourth-order valence-corrected chi connectivity index (χ4v) is 1.66. The first-order chi connectivity index (χ1) is 3.70. The van der Waals surface area contributed by atoms with Crippen LogP contribution >= 0.6 is 24.8 Å². The third kappa shape index (κ3) is 1.14. The van der Waals surface area contributed by atoms with E-state index < -0.39 is 0 Å². The first kappa shape index (κ1) is 6.36. The Labute approximate surface area is 60.5 Å². The van der Waals surface area contributed by atoms with Gasteiger partial charge in [-0.05, 0) is 0 Å². The second-order valence-corrected chi connectivity index (χ2v) is 3.33. The number of nitrogens with zero attached hydrogens (tertiary/aromatic N) is 1. The molecule has 0 aliphatic carbocycles. The molecule has 3 heteroatoms. The molecule has 0 radical (unpaired) electrons. The Morgan fingerprint density at radius 2 is 2.50 bits per heavy atom. The average molecular weight is 147 g/mol. The van der Waals surface area contributed by atoms with Crippen molar-refractivity contribution in [1.29, 1.82) is 0 Å². The molecule has 8 heavy (non-hydrogen) atoms. The SMILES string of the molecule is CN1C[C@H](S)CC1=S. The molecule has 0 saturated carbocycles. The van der Waals surface area contributed by atoms with Crippen LogP contribution in [0.5, 0.6) is 0 Å². The average Bonchev–Trinajstić information content (AvgIpc) is 1.85. The summed E-state index contributed by atoms with van der Waals surface area (Å²) in [5.41, 5.74) is 0. The van der Waals surface area contributed by atoms with E-state index >= 15 is 0 Å². The smallest absolute Gasteiger partial charge is 0.0788 e. The van der Waals surface area contributed by atoms with Crippen molar-refractivity contribution in [3.05, 3.63) is 0 Å². The highest BCUT2D eigenvalue weighted by Crippen LogP contribution is 2.14. The Kier molecular flexibility index (Phi) is 1.77. The number of hydrogen-bond donors (Lipinski definition) is 1. The van der Waals surface area contributed by atoms with Crippen LogP contribution in [0.1, 0.15) is 6.42 Å². The highest BCUT2D eigenvalue weighted by Gasteiger charge is 2.19. The Morgan fingerprint density at radius 3 is 2.62 bits per heavy atom. The summed E-state index contributed by atoms with van der Waals surface area (Å²) in [5, 5.41) is 0.479. The van der Waals surface area contributed by atoms with Crippen LogP contribution in [0.25, 0.3) is 0 Å². The molecule has 1 fully saturated rings. The van der Waals surface area contributed by atoms with E-state index in [4.69, 9.17) is 12.2 Å². The topological polar surface area (TPSA) is 3.24 Å². The van der Waals surface area contributed by atoms with Gasteiger partial charge in [0.2, 0.25) is 0 Å². The van der Waals surface area contributed by atoms with E-state index in [-0.39, 0.29) is 0 Å². The summed E-state index contributed by atoms with van der Waals surface area (Å²) < 4.78 is 0. The van der Waals surface area contributed by atoms with E-state index in [1.807, 2.05) is 7.05 Å². The lowest BCUT2D eigenvalue weighted by atomic mass is 10.4. The van der Waals surface area contributed by atoms with Crippen molar-refractivity contribution < 1.29 is 0 Å². The molecule has 1 nitrogen and oxygen atoms in total. The fourth-order valence-electron chi connectivity index (χ4n) is 0.840. The molecule has 1 aliphatic heterocycles. The zero-order chi connectivity index (χ0) is 6.15. The summed E-state index contributed by atoms with van der Waals surface area (Å²) in [5.74, 6) is 0. The van der Waals surface area contributed by atoms with E-state index in [1.165, 1.54) is 0 Å². The van der Waals surface area contributed by atoms with Crippen molar-refractivity contribution in [3.63, 3.8) is 0 Å². The monoisotopic (exact) mass is 147 g/mol. The van der Waals surface area contributed by atoms with Crippen molar-refractivity contribution in [1.82, 2.24) is 4.90 Å². The molecule has 0 bridgehead atoms. The van der Waals surface area contributed by atoms with Gasteiger partial charge in [-0.1, -0.05) is 12.2 Å². The van der Waals surface area contributed by atoms with Gasteiger partial charge in [0.1, 0.15) is 0 Å². The number of thiol groups is 1. The Hall–Kier alpha value is 0.240. The molecule has 0 unspecified atom stereocenters. The van der Waals surface area contributed by atoms with Crippen molar-refractivity contribution in [3.8, 4) is 0 Å². The largest absolute Gasteiger partial charge is 0.368 e. The van der Waals surface area contributed by atoms with Gasteiger partial charge >= 0.3 is 0 Å². The summed E-state index contributed by atoms with van der Waals surface area (Å²) in [7, 11) is 2.01. The van der Waals surface area contributed by atoms with Crippen LogP contribution in [0.4, 0.5) is 0 Å². The van der Waals surface area contributed by atoms with Crippen molar-refractivity contribution in [2.45, 2.75) is 11.7 Å². The minimum Gasteiger partial charge on any atom is -0.368 e. The highest BCUT2D eigenvalue weighted by atomic mass is 32.1. The number of thiocarbonyl (C=S) groups is 1. The molecule has 1 rings (SSSR count). The van der Waals surface area contributed by atoms with Gasteiger partial charge in [0, 0.05) is 25.3 Å². The normalized spacial score (nSPS) is 29.5. The van der Waals surface area contributed by atoms with Crippen molar-refractivity contribution in [2.24, 2.45) is 0 Å². The summed E-state index contributed by atoms with van der Waals surface area (Å²) in [4.78, 5) is 3.12. The number of likely N-dealkylation sites (tertiary alicyclic amines) is 1. The van der Waals surface area contributed by atoms with Gasteiger partial charge in [-0.25, -0.2) is 0 Å². The van der Waals surface area contributed by atoms with Crippen LogP contribution in [-0.4, -0.2) is 28.7 Å². The van der Waals surface area contributed by atoms with Gasteiger partial charge in [0.05, 0.1) is 4.99 Å². The van der Waals surface area contributed by atoms with E-state index in [0.29, 0.717) is 5.25 Å². The van der Waals surface area contributed by atoms with Crippen LogP contribution in [0.15, 0.2) is 0 Å². The number of hydrogen-bond acceptors (Lipinski definition) is 2. The zero-order valence-electron chi connectivity index (χ0n) is 4.79. The van der Waals surface area contributed by atoms with Crippen molar-refractivity contribution in [2.75, 3.05) is 13.6 Å². The van der Waals surface area contributed by atoms with Gasteiger partial charge < -0.3 is 4.90 Å². The van der Waals surface area contributed by atoms with Gasteiger partial charge in [-0.3, -0.25) is 0 Å². The maximum atomic E-state index is 5.00. The second-order valence-electron chi connectivity index (χ2n) is 2.13. The zero-order valence-corrected chi connectivity index (χ0v) is 6.51. The second kappa shape index (κ2) is 2.23. The van der Waals surface area contributed by atoms with E-state index in [0.717, 1.165) is 18.0 Å². The Balaban J connectivity index is 2.51. The van der Waals surface area contributed by atoms with E-state index in [1.54, 1.807) is 0 Å². The summed E-state index contributed by atoms with van der Waals surface area (Å²) in [6.45, 7) is 1.02. The first-order valence-electron chi connectivity index (χ1n) is 2.62. The van der Waals surface area contributed by atoms with Gasteiger partial charge in [0.15, 0.2) is 0 Å². The lowest BCUT2D eigenvalue weighted by Crippen LogP contribution is -2.17. The number of rotatable bonds is 0. The minimum absolute atomic E-state index is 0.479. The maximum absolute atomic E-state index is 5.00. The molecule has 0 aromatic heterocycles. The molecule has 0 aromatic carbocycles. The summed E-state index contributed by atoms with van der Waals surface area (Å²) >= 11 is 9.28. The van der Waals surface area contributed by atoms with Crippen LogP contribution in [0.2, 0.25) is 0 Å². The predicted octanol–water partition coefficient (Wildman–Crippen LogP) is 0.948. The Bertz CT molecular complexity index is 113. The van der Waals surface area contributed by atoms with E-state index in [2.05, 4.69) is 17.5 Å².